The predicted molar refractivity (Wildman–Crippen MR) is 38.0 cm³/mol. The number of hydrogen-bond acceptors (Lipinski definition) is 4. The van der Waals surface area contributed by atoms with E-state index >= 15 is 0 Å². The van der Waals surface area contributed by atoms with Gasteiger partial charge >= 0.3 is 5.97 Å². The Morgan fingerprint density at radius 1 is 1.90 bits per heavy atom. The summed E-state index contributed by atoms with van der Waals surface area (Å²) in [5.41, 5.74) is 0. The molecule has 1 aromatic heterocycles. The van der Waals surface area contributed by atoms with Crippen LogP contribution in [-0.2, 0) is 4.79 Å². The van der Waals surface area contributed by atoms with E-state index in [0.717, 1.165) is 0 Å². The van der Waals surface area contributed by atoms with Gasteiger partial charge in [-0.25, -0.2) is 0 Å². The molecule has 0 aliphatic carbocycles. The van der Waals surface area contributed by atoms with Crippen LogP contribution >= 0.6 is 11.5 Å². The molecule has 0 aliphatic rings. The monoisotopic (exact) mass is 157 g/mol. The van der Waals surface area contributed by atoms with Crippen LogP contribution in [-0.4, -0.2) is 10.3 Å². The van der Waals surface area contributed by atoms with Crippen molar-refractivity contribution in [1.29, 1.82) is 0 Å². The van der Waals surface area contributed by atoms with E-state index in [0.29, 0.717) is 12.3 Å². The van der Waals surface area contributed by atoms with Crippen molar-refractivity contribution >= 4 is 17.5 Å². The van der Waals surface area contributed by atoms with E-state index in [-0.39, 0.29) is 5.97 Å². The van der Waals surface area contributed by atoms with Gasteiger partial charge in [-0.3, -0.25) is 4.79 Å². The molecule has 0 saturated carbocycles. The number of aromatic nitrogens is 1. The highest BCUT2D eigenvalue weighted by Crippen LogP contribution is 2.08. The fourth-order valence-corrected chi connectivity index (χ4v) is 0.883. The molecule has 0 bridgehead atoms. The lowest BCUT2D eigenvalue weighted by Crippen LogP contribution is -2.05. The first-order chi connectivity index (χ1) is 4.83. The zero-order chi connectivity index (χ0) is 7.40. The molecule has 1 rings (SSSR count). The second-order valence-corrected chi connectivity index (χ2v) is 2.33. The van der Waals surface area contributed by atoms with Gasteiger partial charge in [-0.2, -0.15) is 4.37 Å². The van der Waals surface area contributed by atoms with Crippen LogP contribution in [0.1, 0.15) is 13.3 Å². The number of carbonyl (C=O) groups is 1. The first-order valence-electron chi connectivity index (χ1n) is 2.94. The van der Waals surface area contributed by atoms with Gasteiger partial charge < -0.3 is 4.74 Å². The minimum atomic E-state index is -0.245. The highest BCUT2D eigenvalue weighted by Gasteiger charge is 2.01. The zero-order valence-corrected chi connectivity index (χ0v) is 6.35. The molecule has 10 heavy (non-hydrogen) atoms. The molecular weight excluding hydrogens is 150 g/mol. The average Bonchev–Trinajstić information content (AvgIpc) is 2.40. The third kappa shape index (κ3) is 1.80. The van der Waals surface area contributed by atoms with Crippen molar-refractivity contribution in [3.8, 4) is 5.88 Å². The third-order valence-electron chi connectivity index (χ3n) is 0.921. The number of carbonyl (C=O) groups excluding carboxylic acids is 1. The third-order valence-corrected chi connectivity index (χ3v) is 1.46. The van der Waals surface area contributed by atoms with Crippen LogP contribution in [0.2, 0.25) is 0 Å². The molecule has 0 N–H and O–H groups in total. The molecule has 0 amide bonds. The highest BCUT2D eigenvalue weighted by atomic mass is 32.1. The molecule has 1 aromatic rings. The second-order valence-electron chi connectivity index (χ2n) is 1.67. The Balaban J connectivity index is 2.48. The maximum absolute atomic E-state index is 10.6. The molecular formula is C6H7NO2S. The summed E-state index contributed by atoms with van der Waals surface area (Å²) in [6.45, 7) is 1.74. The summed E-state index contributed by atoms with van der Waals surface area (Å²) in [5, 5.41) is 1.76. The van der Waals surface area contributed by atoms with Crippen LogP contribution < -0.4 is 4.74 Å². The summed E-state index contributed by atoms with van der Waals surface area (Å²) in [6, 6.07) is 1.66. The second kappa shape index (κ2) is 3.31. The minimum Gasteiger partial charge on any atom is -0.407 e. The Morgan fingerprint density at radius 3 is 3.20 bits per heavy atom. The summed E-state index contributed by atoms with van der Waals surface area (Å²) in [6.07, 6.45) is 0.386. The van der Waals surface area contributed by atoms with Gasteiger partial charge in [-0.05, 0) is 11.5 Å². The lowest BCUT2D eigenvalue weighted by atomic mass is 10.5. The Morgan fingerprint density at radius 2 is 2.70 bits per heavy atom. The molecule has 0 unspecified atom stereocenters. The maximum atomic E-state index is 10.6. The molecule has 0 radical (unpaired) electrons. The number of nitrogens with zero attached hydrogens (tertiary/aromatic N) is 1. The van der Waals surface area contributed by atoms with E-state index in [2.05, 4.69) is 4.37 Å². The summed E-state index contributed by atoms with van der Waals surface area (Å²) >= 11 is 1.26. The van der Waals surface area contributed by atoms with Crippen LogP contribution in [0.4, 0.5) is 0 Å². The van der Waals surface area contributed by atoms with E-state index in [1.165, 1.54) is 11.5 Å². The summed E-state index contributed by atoms with van der Waals surface area (Å²) in [5.74, 6) is 0.155. The normalized spacial score (nSPS) is 9.30. The smallest absolute Gasteiger partial charge is 0.312 e. The number of hydrogen-bond donors (Lipinski definition) is 0. The fraction of sp³-hybridized carbons (Fsp3) is 0.333. The Hall–Kier alpha value is -0.900. The van der Waals surface area contributed by atoms with Crippen LogP contribution in [0, 0.1) is 0 Å². The summed E-state index contributed by atoms with van der Waals surface area (Å²) < 4.78 is 8.57. The van der Waals surface area contributed by atoms with E-state index in [4.69, 9.17) is 4.74 Å². The first-order valence-corrected chi connectivity index (χ1v) is 3.77. The van der Waals surface area contributed by atoms with Crippen molar-refractivity contribution in [2.24, 2.45) is 0 Å². The van der Waals surface area contributed by atoms with E-state index in [9.17, 15) is 4.79 Å². The standard InChI is InChI=1S/C6H7NO2S/c1-2-6(8)9-5-3-4-10-7-5/h3-4H,2H2,1H3. The van der Waals surface area contributed by atoms with Crippen LogP contribution in [0.25, 0.3) is 0 Å². The molecule has 54 valence electrons. The van der Waals surface area contributed by atoms with Gasteiger partial charge in [0.1, 0.15) is 0 Å². The van der Waals surface area contributed by atoms with E-state index in [1.807, 2.05) is 0 Å². The van der Waals surface area contributed by atoms with Gasteiger partial charge in [0.05, 0.1) is 0 Å². The summed E-state index contributed by atoms with van der Waals surface area (Å²) in [7, 11) is 0. The largest absolute Gasteiger partial charge is 0.407 e. The maximum Gasteiger partial charge on any atom is 0.312 e. The zero-order valence-electron chi connectivity index (χ0n) is 5.53. The molecule has 0 atom stereocenters. The van der Waals surface area contributed by atoms with Crippen molar-refractivity contribution in [3.05, 3.63) is 11.4 Å². The molecule has 0 saturated heterocycles. The average molecular weight is 157 g/mol. The van der Waals surface area contributed by atoms with Gasteiger partial charge in [-0.15, -0.1) is 0 Å². The molecule has 0 aromatic carbocycles. The Bertz CT molecular complexity index is 208. The van der Waals surface area contributed by atoms with Gasteiger partial charge in [-0.1, -0.05) is 6.92 Å². The fourth-order valence-electron chi connectivity index (χ4n) is 0.443. The lowest BCUT2D eigenvalue weighted by molar-refractivity contribution is -0.134. The Labute approximate surface area is 62.8 Å². The lowest BCUT2D eigenvalue weighted by Gasteiger charge is -1.94. The summed E-state index contributed by atoms with van der Waals surface area (Å²) in [4.78, 5) is 10.6. The molecule has 4 heteroatoms. The van der Waals surface area contributed by atoms with Gasteiger partial charge in [0, 0.05) is 17.9 Å². The molecule has 0 aliphatic heterocycles. The molecule has 0 fully saturated rings. The van der Waals surface area contributed by atoms with E-state index in [1.54, 1.807) is 18.4 Å². The van der Waals surface area contributed by atoms with Crippen LogP contribution in [0.5, 0.6) is 5.88 Å². The van der Waals surface area contributed by atoms with Crippen molar-refractivity contribution in [1.82, 2.24) is 4.37 Å². The van der Waals surface area contributed by atoms with Gasteiger partial charge in [0.15, 0.2) is 0 Å². The quantitative estimate of drug-likeness (QED) is 0.610. The van der Waals surface area contributed by atoms with Crippen molar-refractivity contribution in [2.75, 3.05) is 0 Å². The SMILES string of the molecule is CCC(=O)Oc1ccsn1. The minimum absolute atomic E-state index is 0.245. The topological polar surface area (TPSA) is 39.2 Å². The van der Waals surface area contributed by atoms with Crippen molar-refractivity contribution in [3.63, 3.8) is 0 Å². The highest BCUT2D eigenvalue weighted by molar-refractivity contribution is 7.03. The van der Waals surface area contributed by atoms with E-state index < -0.39 is 0 Å². The molecule has 1 heterocycles. The molecule has 0 spiro atoms. The van der Waals surface area contributed by atoms with Crippen molar-refractivity contribution in [2.45, 2.75) is 13.3 Å². The number of rotatable bonds is 2. The predicted octanol–water partition coefficient (Wildman–Crippen LogP) is 1.46. The van der Waals surface area contributed by atoms with Crippen molar-refractivity contribution < 1.29 is 9.53 Å². The number of esters is 1. The van der Waals surface area contributed by atoms with Gasteiger partial charge in [0.25, 0.3) is 0 Å². The van der Waals surface area contributed by atoms with Crippen LogP contribution in [0.15, 0.2) is 11.4 Å². The molecule has 3 nitrogen and oxygen atoms in total. The van der Waals surface area contributed by atoms with Crippen LogP contribution in [0.3, 0.4) is 0 Å². The Kier molecular flexibility index (Phi) is 2.39. The number of ether oxygens (including phenoxy) is 1. The first kappa shape index (κ1) is 7.21. The van der Waals surface area contributed by atoms with Gasteiger partial charge in [0.2, 0.25) is 5.88 Å².